The number of anilines is 3. The van der Waals surface area contributed by atoms with Gasteiger partial charge in [-0.2, -0.15) is 24.9 Å². The number of nitrogens with zero attached hydrogens (tertiary/aromatic N) is 6. The summed E-state index contributed by atoms with van der Waals surface area (Å²) in [5.41, 5.74) is 2.27. The molecule has 5 N–H and O–H groups in total. The number of halogens is 3. The number of hydrogen-bond donors (Lipinski definition) is 5. The van der Waals surface area contributed by atoms with Crippen LogP contribution in [0.1, 0.15) is 56.2 Å². The topological polar surface area (TPSA) is 179 Å². The normalized spacial score (nSPS) is 20.4. The van der Waals surface area contributed by atoms with E-state index >= 15 is 0 Å². The third-order valence-electron chi connectivity index (χ3n) is 11.0. The van der Waals surface area contributed by atoms with Crippen molar-refractivity contribution in [3.63, 3.8) is 0 Å². The first kappa shape index (κ1) is 40.0. The zero-order chi connectivity index (χ0) is 41.1. The Hall–Kier alpha value is -5.85. The predicted octanol–water partition coefficient (Wildman–Crippen LogP) is 5.22. The van der Waals surface area contributed by atoms with E-state index in [1.807, 2.05) is 0 Å². The average molecular weight is 832 g/mol. The fourth-order valence-electron chi connectivity index (χ4n) is 8.00. The van der Waals surface area contributed by atoms with Crippen molar-refractivity contribution in [2.45, 2.75) is 81.0 Å². The number of hydrogen-bond acceptors (Lipinski definition) is 9. The van der Waals surface area contributed by atoms with Crippen LogP contribution in [0.2, 0.25) is 0 Å². The summed E-state index contributed by atoms with van der Waals surface area (Å²) in [5, 5.41) is 23.3. The molecule has 8 rings (SSSR count). The summed E-state index contributed by atoms with van der Waals surface area (Å²) < 4.78 is 41.9. The summed E-state index contributed by atoms with van der Waals surface area (Å²) in [7, 11) is 0. The highest BCUT2D eigenvalue weighted by atomic mass is 32.2. The van der Waals surface area contributed by atoms with Gasteiger partial charge in [-0.3, -0.25) is 14.5 Å². The summed E-state index contributed by atoms with van der Waals surface area (Å²) in [6.45, 7) is 2.08. The number of carbonyl (C=O) groups is 4. The molecular weight excluding hydrogens is 788 g/mol. The van der Waals surface area contributed by atoms with E-state index in [9.17, 15) is 32.3 Å². The van der Waals surface area contributed by atoms with E-state index < -0.39 is 17.8 Å². The van der Waals surface area contributed by atoms with Crippen LogP contribution in [0.5, 0.6) is 0 Å². The Balaban J connectivity index is 0.790. The predicted molar refractivity (Wildman–Crippen MR) is 216 cm³/mol. The fourth-order valence-corrected chi connectivity index (χ4v) is 9.49. The second-order valence-electron chi connectivity index (χ2n) is 15.1. The quantitative estimate of drug-likeness (QED) is 0.0843. The number of fused-ring (bicyclic) bond motifs is 5. The number of aromatic nitrogens is 4. The van der Waals surface area contributed by atoms with Gasteiger partial charge >= 0.3 is 18.2 Å². The van der Waals surface area contributed by atoms with Gasteiger partial charge in [-0.15, -0.1) is 5.10 Å². The molecule has 59 heavy (non-hydrogen) atoms. The molecule has 0 unspecified atom stereocenters. The lowest BCUT2D eigenvalue weighted by atomic mass is 10.0. The van der Waals surface area contributed by atoms with Crippen LogP contribution >= 0.6 is 11.8 Å². The molecule has 6 heterocycles. The zero-order valence-corrected chi connectivity index (χ0v) is 32.8. The summed E-state index contributed by atoms with van der Waals surface area (Å²) in [6.07, 6.45) is 1.61. The largest absolute Gasteiger partial charge is 0.416 e. The van der Waals surface area contributed by atoms with Crippen LogP contribution in [0.15, 0.2) is 66.9 Å². The van der Waals surface area contributed by atoms with E-state index in [0.29, 0.717) is 79.3 Å². The number of alkyl halides is 3. The van der Waals surface area contributed by atoms with Crippen molar-refractivity contribution in [3.05, 3.63) is 78.1 Å². The fraction of sp³-hybridized carbons (Fsp3) is 0.425. The van der Waals surface area contributed by atoms with Crippen LogP contribution < -0.4 is 36.4 Å². The smallest absolute Gasteiger partial charge is 0.366 e. The molecule has 4 aliphatic heterocycles. The maximum atomic E-state index is 13.9. The number of urea groups is 2. The standard InChI is InChI=1S/C40H44F3N11O4S/c41-40(42,43)25-7-4-6-24(18-25)30-11-12-32-37(47-30)54(29-15-17-52(32)22-29)39(58)46-26-8-5-9-28(19-26)53-21-27(50-51-53)20-45-34(55)10-2-1-3-16-44-35(56)14-13-33-36-31(23-59-33)48-38(57)49-36/h4-9,11-12,18-19,21,29,31,33,36H,1-3,10,13-17,20,22-23H2,(H,44,56)(H,45,55)(H,46,58)(H2,48,49,57)/t29-,31-,33-,36-/m0/s1. The Bertz CT molecular complexity index is 2220. The number of nitrogens with one attached hydrogen (secondary N) is 5. The van der Waals surface area contributed by atoms with Crippen LogP contribution in [-0.4, -0.2) is 92.6 Å². The first-order chi connectivity index (χ1) is 28.5. The van der Waals surface area contributed by atoms with Gasteiger partial charge in [-0.1, -0.05) is 29.8 Å². The van der Waals surface area contributed by atoms with Crippen LogP contribution in [0.4, 0.5) is 40.0 Å². The number of unbranched alkanes of at least 4 members (excludes halogenated alkanes) is 2. The van der Waals surface area contributed by atoms with E-state index in [4.69, 9.17) is 4.98 Å². The highest BCUT2D eigenvalue weighted by Gasteiger charge is 2.43. The van der Waals surface area contributed by atoms with Crippen molar-refractivity contribution >= 4 is 52.8 Å². The Morgan fingerprint density at radius 3 is 2.66 bits per heavy atom. The number of thioether (sulfide) groups is 1. The molecule has 4 atom stereocenters. The molecule has 3 saturated heterocycles. The Kier molecular flexibility index (Phi) is 11.6. The molecule has 6 amide bonds. The maximum Gasteiger partial charge on any atom is 0.416 e. The number of amides is 6. The van der Waals surface area contributed by atoms with Gasteiger partial charge in [-0.25, -0.2) is 19.3 Å². The average Bonchev–Trinajstić information content (AvgIpc) is 4.03. The van der Waals surface area contributed by atoms with Gasteiger partial charge in [0, 0.05) is 54.7 Å². The van der Waals surface area contributed by atoms with Gasteiger partial charge in [0.05, 0.1) is 53.5 Å². The highest BCUT2D eigenvalue weighted by Crippen LogP contribution is 2.41. The molecule has 2 aromatic heterocycles. The number of pyridine rings is 1. The molecule has 4 aliphatic rings. The summed E-state index contributed by atoms with van der Waals surface area (Å²) in [4.78, 5) is 58.8. The van der Waals surface area contributed by atoms with Crippen molar-refractivity contribution in [2.75, 3.05) is 40.5 Å². The zero-order valence-electron chi connectivity index (χ0n) is 32.0. The molecule has 3 fully saturated rings. The molecule has 2 bridgehead atoms. The molecule has 15 nitrogen and oxygen atoms in total. The van der Waals surface area contributed by atoms with E-state index in [1.165, 1.54) is 6.07 Å². The third kappa shape index (κ3) is 9.24. The van der Waals surface area contributed by atoms with Gasteiger partial charge in [-0.05, 0) is 68.1 Å². The Morgan fingerprint density at radius 1 is 0.949 bits per heavy atom. The van der Waals surface area contributed by atoms with Crippen LogP contribution in [0, 0.1) is 0 Å². The molecule has 19 heteroatoms. The summed E-state index contributed by atoms with van der Waals surface area (Å²) >= 11 is 1.79. The number of carbonyl (C=O) groups excluding carboxylic acids is 4. The molecule has 2 aromatic carbocycles. The lowest BCUT2D eigenvalue weighted by Crippen LogP contribution is -2.48. The van der Waals surface area contributed by atoms with Crippen LogP contribution in [0.25, 0.3) is 16.9 Å². The Labute approximate surface area is 342 Å². The second-order valence-corrected chi connectivity index (χ2v) is 16.4. The lowest BCUT2D eigenvalue weighted by Gasteiger charge is -2.36. The summed E-state index contributed by atoms with van der Waals surface area (Å²) in [5.74, 6) is 1.13. The first-order valence-corrected chi connectivity index (χ1v) is 20.8. The van der Waals surface area contributed by atoms with Crippen molar-refractivity contribution in [2.24, 2.45) is 0 Å². The SMILES string of the molecule is O=C(CC[C@@H]1SC[C@@H]2NC(=O)N[C@@H]21)NCCCCCC(=O)NCc1cn(-c2cccc(NC(=O)N3c4nc(-c5cccc(C(F)(F)F)c5)ccc4N4CC[C@H]3C4)c2)nn1. The van der Waals surface area contributed by atoms with Crippen LogP contribution in [-0.2, 0) is 22.3 Å². The van der Waals surface area contributed by atoms with Crippen LogP contribution in [0.3, 0.4) is 0 Å². The molecule has 0 aliphatic carbocycles. The molecule has 0 saturated carbocycles. The van der Waals surface area contributed by atoms with E-state index in [-0.39, 0.29) is 47.8 Å². The molecule has 0 spiro atoms. The van der Waals surface area contributed by atoms with Crippen molar-refractivity contribution in [1.29, 1.82) is 0 Å². The molecule has 0 radical (unpaired) electrons. The third-order valence-corrected chi connectivity index (χ3v) is 12.5. The second kappa shape index (κ2) is 17.2. The lowest BCUT2D eigenvalue weighted by molar-refractivity contribution is -0.137. The minimum Gasteiger partial charge on any atom is -0.366 e. The molecule has 4 aromatic rings. The van der Waals surface area contributed by atoms with Gasteiger partial charge in [0.25, 0.3) is 0 Å². The van der Waals surface area contributed by atoms with E-state index in [1.54, 1.807) is 70.0 Å². The minimum atomic E-state index is -4.50. The van der Waals surface area contributed by atoms with Gasteiger partial charge in [0.2, 0.25) is 11.8 Å². The number of rotatable bonds is 14. The summed E-state index contributed by atoms with van der Waals surface area (Å²) in [6, 6.07) is 15.1. The first-order valence-electron chi connectivity index (χ1n) is 19.8. The maximum absolute atomic E-state index is 13.9. The van der Waals surface area contributed by atoms with Gasteiger partial charge in [0.1, 0.15) is 5.69 Å². The van der Waals surface area contributed by atoms with E-state index in [0.717, 1.165) is 43.0 Å². The molecule has 310 valence electrons. The molecular formula is C40H44F3N11O4S. The van der Waals surface area contributed by atoms with E-state index in [2.05, 4.69) is 41.8 Å². The minimum absolute atomic E-state index is 0.00391. The van der Waals surface area contributed by atoms with Crippen molar-refractivity contribution in [3.8, 4) is 16.9 Å². The Morgan fingerprint density at radius 2 is 1.80 bits per heavy atom. The van der Waals surface area contributed by atoms with Gasteiger partial charge < -0.3 is 31.5 Å². The monoisotopic (exact) mass is 831 g/mol. The number of benzene rings is 2. The van der Waals surface area contributed by atoms with Crippen molar-refractivity contribution < 1.29 is 32.3 Å². The van der Waals surface area contributed by atoms with Crippen molar-refractivity contribution in [1.82, 2.24) is 41.2 Å². The van der Waals surface area contributed by atoms with Gasteiger partial charge in [0.15, 0.2) is 5.82 Å². The highest BCUT2D eigenvalue weighted by molar-refractivity contribution is 8.00.